The Kier molecular flexibility index (Phi) is 4.88. The topological polar surface area (TPSA) is 76.2 Å². The molecule has 1 fully saturated rings. The second-order valence-electron chi connectivity index (χ2n) is 5.91. The molecule has 0 saturated carbocycles. The van der Waals surface area contributed by atoms with Crippen LogP contribution < -0.4 is 9.64 Å². The van der Waals surface area contributed by atoms with E-state index in [1.54, 1.807) is 0 Å². The van der Waals surface area contributed by atoms with Crippen LogP contribution in [0.5, 0.6) is 5.75 Å². The molecule has 11 heteroatoms. The third-order valence-electron chi connectivity index (χ3n) is 4.21. The number of hydrogen-bond donors (Lipinski definition) is 0. The van der Waals surface area contributed by atoms with Crippen LogP contribution in [0.4, 0.5) is 18.9 Å². The third kappa shape index (κ3) is 3.51. The Bertz CT molecular complexity index is 812. The highest BCUT2D eigenvalue weighted by molar-refractivity contribution is 7.89. The summed E-state index contributed by atoms with van der Waals surface area (Å²) in [5.41, 5.74) is 0.283. The molecule has 0 bridgehead atoms. The molecule has 2 heterocycles. The lowest BCUT2D eigenvalue weighted by molar-refractivity contribution is -0.231. The van der Waals surface area contributed by atoms with Crippen molar-refractivity contribution in [2.24, 2.45) is 0 Å². The summed E-state index contributed by atoms with van der Waals surface area (Å²) in [4.78, 5) is 12.9. The first-order valence-electron chi connectivity index (χ1n) is 7.84. The van der Waals surface area contributed by atoms with E-state index in [0.29, 0.717) is 5.75 Å². The van der Waals surface area contributed by atoms with Crippen LogP contribution in [0, 0.1) is 0 Å². The fraction of sp³-hybridized carbons (Fsp3) is 0.533. The van der Waals surface area contributed by atoms with Gasteiger partial charge < -0.3 is 14.4 Å². The van der Waals surface area contributed by atoms with Crippen LogP contribution in [0.3, 0.4) is 0 Å². The van der Waals surface area contributed by atoms with Gasteiger partial charge in [-0.05, 0) is 18.2 Å². The number of hydrogen-bond acceptors (Lipinski definition) is 5. The molecule has 0 spiro atoms. The Labute approximate surface area is 148 Å². The lowest BCUT2D eigenvalue weighted by Crippen LogP contribution is -2.51. The zero-order chi connectivity index (χ0) is 19.1. The molecule has 1 atom stereocenters. The summed E-state index contributed by atoms with van der Waals surface area (Å²) < 4.78 is 74.9. The molecule has 7 nitrogen and oxygen atoms in total. The van der Waals surface area contributed by atoms with Crippen LogP contribution in [0.15, 0.2) is 23.1 Å². The van der Waals surface area contributed by atoms with Gasteiger partial charge in [-0.25, -0.2) is 8.42 Å². The average molecular weight is 394 g/mol. The maximum atomic E-state index is 12.9. The fourth-order valence-electron chi connectivity index (χ4n) is 2.88. The standard InChI is InChI=1S/C15H17F3N2O5S/c1-10(21)20-5-7-24-13-3-2-11(8-12(13)20)26(22,23)19-4-6-25-14(9-19)15(16,17)18/h2-3,8,14H,4-7,9H2,1H3/t14-/m1/s1. The number of alkyl halides is 3. The van der Waals surface area contributed by atoms with Crippen LogP contribution in [-0.2, 0) is 19.6 Å². The molecule has 2 aliphatic heterocycles. The van der Waals surface area contributed by atoms with Gasteiger partial charge in [-0.3, -0.25) is 4.79 Å². The first-order valence-corrected chi connectivity index (χ1v) is 9.28. The highest BCUT2D eigenvalue weighted by Gasteiger charge is 2.46. The van der Waals surface area contributed by atoms with Crippen molar-refractivity contribution in [3.63, 3.8) is 0 Å². The summed E-state index contributed by atoms with van der Waals surface area (Å²) in [5.74, 6) is 0.0631. The number of amides is 1. The Balaban J connectivity index is 1.93. The number of nitrogens with zero attached hydrogens (tertiary/aromatic N) is 2. The molecule has 0 aliphatic carbocycles. The van der Waals surface area contributed by atoms with E-state index in [1.807, 2.05) is 0 Å². The summed E-state index contributed by atoms with van der Waals surface area (Å²) in [6, 6.07) is 3.91. The third-order valence-corrected chi connectivity index (χ3v) is 6.07. The summed E-state index contributed by atoms with van der Waals surface area (Å²) in [5, 5.41) is 0. The summed E-state index contributed by atoms with van der Waals surface area (Å²) >= 11 is 0. The van der Waals surface area contributed by atoms with Crippen molar-refractivity contribution in [1.29, 1.82) is 0 Å². The number of morpholine rings is 1. The monoisotopic (exact) mass is 394 g/mol. The quantitative estimate of drug-likeness (QED) is 0.758. The predicted octanol–water partition coefficient (Wildman–Crippen LogP) is 1.38. The molecule has 1 aromatic rings. The molecule has 3 rings (SSSR count). The van der Waals surface area contributed by atoms with Crippen molar-refractivity contribution in [1.82, 2.24) is 4.31 Å². The molecular weight excluding hydrogens is 377 g/mol. The zero-order valence-electron chi connectivity index (χ0n) is 13.8. The number of ether oxygens (including phenoxy) is 2. The smallest absolute Gasteiger partial charge is 0.415 e. The number of fused-ring (bicyclic) bond motifs is 1. The number of halogens is 3. The molecule has 0 N–H and O–H groups in total. The minimum Gasteiger partial charge on any atom is -0.490 e. The fourth-order valence-corrected chi connectivity index (χ4v) is 4.32. The average Bonchev–Trinajstić information content (AvgIpc) is 2.60. The van der Waals surface area contributed by atoms with E-state index in [0.717, 1.165) is 4.31 Å². The maximum absolute atomic E-state index is 12.9. The Morgan fingerprint density at radius 3 is 2.62 bits per heavy atom. The van der Waals surface area contributed by atoms with Crippen molar-refractivity contribution in [2.75, 3.05) is 37.7 Å². The van der Waals surface area contributed by atoms with E-state index in [4.69, 9.17) is 4.74 Å². The van der Waals surface area contributed by atoms with Crippen molar-refractivity contribution >= 4 is 21.6 Å². The van der Waals surface area contributed by atoms with Gasteiger partial charge in [0.1, 0.15) is 12.4 Å². The van der Waals surface area contributed by atoms with E-state index in [9.17, 15) is 26.4 Å². The van der Waals surface area contributed by atoms with E-state index in [1.165, 1.54) is 30.0 Å². The summed E-state index contributed by atoms with van der Waals surface area (Å²) in [7, 11) is -4.18. The van der Waals surface area contributed by atoms with Crippen LogP contribution >= 0.6 is 0 Å². The van der Waals surface area contributed by atoms with Crippen LogP contribution in [0.25, 0.3) is 0 Å². The van der Waals surface area contributed by atoms with Crippen molar-refractivity contribution in [3.8, 4) is 5.75 Å². The Morgan fingerprint density at radius 1 is 1.23 bits per heavy atom. The van der Waals surface area contributed by atoms with Gasteiger partial charge in [-0.1, -0.05) is 0 Å². The summed E-state index contributed by atoms with van der Waals surface area (Å²) in [6.45, 7) is 0.535. The highest BCUT2D eigenvalue weighted by atomic mass is 32.2. The van der Waals surface area contributed by atoms with Crippen LogP contribution in [0.2, 0.25) is 0 Å². The van der Waals surface area contributed by atoms with E-state index in [2.05, 4.69) is 4.74 Å². The second kappa shape index (κ2) is 6.71. The van der Waals surface area contributed by atoms with Gasteiger partial charge in [0.25, 0.3) is 0 Å². The zero-order valence-corrected chi connectivity index (χ0v) is 14.6. The normalized spacial score (nSPS) is 21.8. The molecule has 0 radical (unpaired) electrons. The van der Waals surface area contributed by atoms with Gasteiger partial charge in [-0.2, -0.15) is 17.5 Å². The van der Waals surface area contributed by atoms with E-state index < -0.39 is 28.8 Å². The SMILES string of the molecule is CC(=O)N1CCOc2ccc(S(=O)(=O)N3CCO[C@@H](C(F)(F)F)C3)cc21. The number of sulfonamides is 1. The minimum atomic E-state index is -4.65. The number of carbonyl (C=O) groups is 1. The molecule has 1 aromatic carbocycles. The van der Waals surface area contributed by atoms with Crippen LogP contribution in [0.1, 0.15) is 6.92 Å². The molecule has 0 unspecified atom stereocenters. The highest BCUT2D eigenvalue weighted by Crippen LogP contribution is 2.35. The lowest BCUT2D eigenvalue weighted by atomic mass is 10.2. The van der Waals surface area contributed by atoms with Crippen molar-refractivity contribution in [3.05, 3.63) is 18.2 Å². The van der Waals surface area contributed by atoms with Gasteiger partial charge in [0, 0.05) is 20.0 Å². The van der Waals surface area contributed by atoms with E-state index >= 15 is 0 Å². The van der Waals surface area contributed by atoms with Gasteiger partial charge in [0.05, 0.1) is 23.7 Å². The number of rotatable bonds is 2. The maximum Gasteiger partial charge on any atom is 0.415 e. The first kappa shape index (κ1) is 18.9. The van der Waals surface area contributed by atoms with E-state index in [-0.39, 0.29) is 42.8 Å². The van der Waals surface area contributed by atoms with Gasteiger partial charge >= 0.3 is 6.18 Å². The molecule has 144 valence electrons. The number of anilines is 1. The Morgan fingerprint density at radius 2 is 1.96 bits per heavy atom. The van der Waals surface area contributed by atoms with Gasteiger partial charge in [0.15, 0.2) is 6.10 Å². The molecule has 1 saturated heterocycles. The molecule has 2 aliphatic rings. The Hall–Kier alpha value is -1.85. The molecule has 26 heavy (non-hydrogen) atoms. The first-order chi connectivity index (χ1) is 12.1. The number of benzene rings is 1. The largest absolute Gasteiger partial charge is 0.490 e. The number of carbonyl (C=O) groups excluding carboxylic acids is 1. The van der Waals surface area contributed by atoms with Crippen molar-refractivity contribution < 1.29 is 35.9 Å². The van der Waals surface area contributed by atoms with Gasteiger partial charge in [-0.15, -0.1) is 0 Å². The van der Waals surface area contributed by atoms with Crippen LogP contribution in [-0.4, -0.2) is 63.8 Å². The summed E-state index contributed by atoms with van der Waals surface area (Å²) in [6.07, 6.45) is -6.82. The second-order valence-corrected chi connectivity index (χ2v) is 7.85. The molecule has 0 aromatic heterocycles. The van der Waals surface area contributed by atoms with Gasteiger partial charge in [0.2, 0.25) is 15.9 Å². The molecular formula is C15H17F3N2O5S. The minimum absolute atomic E-state index is 0.182. The van der Waals surface area contributed by atoms with Crippen molar-refractivity contribution in [2.45, 2.75) is 24.1 Å². The predicted molar refractivity (Wildman–Crippen MR) is 84.5 cm³/mol. The molecule has 1 amide bonds. The lowest BCUT2D eigenvalue weighted by Gasteiger charge is -2.33.